The van der Waals surface area contributed by atoms with Crippen molar-refractivity contribution < 1.29 is 26.7 Å². The van der Waals surface area contributed by atoms with Crippen molar-refractivity contribution in [2.45, 2.75) is 23.6 Å². The van der Waals surface area contributed by atoms with Gasteiger partial charge < -0.3 is 5.11 Å². The maximum atomic E-state index is 12.8. The van der Waals surface area contributed by atoms with Crippen LogP contribution in [-0.2, 0) is 24.8 Å². The number of Topliss-reactive ketones (excluding diaryl/α,β-unsaturated/α-hetero) is 1. The topological polar surface area (TPSA) is 130 Å². The minimum Gasteiger partial charge on any atom is -0.512 e. The van der Waals surface area contributed by atoms with E-state index in [9.17, 15) is 26.7 Å². The molecule has 172 valence electrons. The van der Waals surface area contributed by atoms with Gasteiger partial charge in [-0.25, -0.2) is 16.8 Å². The molecule has 10 heteroatoms. The van der Waals surface area contributed by atoms with Crippen LogP contribution in [0.25, 0.3) is 5.57 Å². The van der Waals surface area contributed by atoms with E-state index in [1.807, 2.05) is 0 Å². The summed E-state index contributed by atoms with van der Waals surface area (Å²) in [4.78, 5) is 12.3. The maximum absolute atomic E-state index is 12.8. The van der Waals surface area contributed by atoms with Crippen molar-refractivity contribution in [1.29, 1.82) is 0 Å². The second kappa shape index (κ2) is 9.47. The fraction of sp³-hybridized carbons (Fsp3) is 0.0870. The van der Waals surface area contributed by atoms with Crippen LogP contribution in [0.3, 0.4) is 0 Å². The summed E-state index contributed by atoms with van der Waals surface area (Å²) in [6.45, 7) is 2.50. The molecular formula is C23H22N2O6S2. The van der Waals surface area contributed by atoms with Crippen LogP contribution in [0.1, 0.15) is 19.4 Å². The standard InChI is InChI=1S/C23H22N2O6S2/c1-16(26)23(17(2)27)21-15-18(24-32(28,29)19-9-5-3-6-10-19)13-14-22(21)25-33(30,31)20-11-7-4-8-12-20/h3-15,24-26H,1-2H3. The number of rotatable bonds is 8. The molecule has 0 spiro atoms. The van der Waals surface area contributed by atoms with E-state index < -0.39 is 25.8 Å². The molecule has 0 radical (unpaired) electrons. The highest BCUT2D eigenvalue weighted by molar-refractivity contribution is 7.93. The Balaban J connectivity index is 2.10. The van der Waals surface area contributed by atoms with E-state index in [0.29, 0.717) is 0 Å². The van der Waals surface area contributed by atoms with Crippen LogP contribution in [0.2, 0.25) is 0 Å². The average molecular weight is 487 g/mol. The number of hydrogen-bond donors (Lipinski definition) is 3. The first kappa shape index (κ1) is 24.0. The van der Waals surface area contributed by atoms with Crippen molar-refractivity contribution in [3.8, 4) is 0 Å². The Labute approximate surface area is 192 Å². The lowest BCUT2D eigenvalue weighted by Gasteiger charge is -2.17. The highest BCUT2D eigenvalue weighted by Gasteiger charge is 2.22. The molecule has 0 atom stereocenters. The summed E-state index contributed by atoms with van der Waals surface area (Å²) in [5.74, 6) is -0.871. The number of allylic oxidation sites excluding steroid dienone is 2. The number of aliphatic hydroxyl groups is 1. The molecule has 0 aliphatic carbocycles. The number of anilines is 2. The van der Waals surface area contributed by atoms with Crippen LogP contribution in [0.15, 0.2) is 94.4 Å². The predicted octanol–water partition coefficient (Wildman–Crippen LogP) is 4.17. The van der Waals surface area contributed by atoms with Crippen molar-refractivity contribution in [2.75, 3.05) is 9.44 Å². The zero-order valence-corrected chi connectivity index (χ0v) is 19.4. The Kier molecular flexibility index (Phi) is 6.89. The van der Waals surface area contributed by atoms with Crippen LogP contribution in [0.4, 0.5) is 11.4 Å². The number of ketones is 1. The first-order valence-electron chi connectivity index (χ1n) is 9.72. The Morgan fingerprint density at radius 2 is 1.21 bits per heavy atom. The van der Waals surface area contributed by atoms with Crippen LogP contribution in [0, 0.1) is 0 Å². The largest absolute Gasteiger partial charge is 0.512 e. The Morgan fingerprint density at radius 1 is 0.727 bits per heavy atom. The Bertz CT molecular complexity index is 1410. The highest BCUT2D eigenvalue weighted by atomic mass is 32.2. The predicted molar refractivity (Wildman–Crippen MR) is 127 cm³/mol. The second-order valence-corrected chi connectivity index (χ2v) is 10.5. The van der Waals surface area contributed by atoms with Gasteiger partial charge in [-0.05, 0) is 56.3 Å². The van der Waals surface area contributed by atoms with Crippen LogP contribution < -0.4 is 9.44 Å². The van der Waals surface area contributed by atoms with Gasteiger partial charge in [0.1, 0.15) is 5.76 Å². The van der Waals surface area contributed by atoms with E-state index >= 15 is 0 Å². The van der Waals surface area contributed by atoms with Gasteiger partial charge >= 0.3 is 0 Å². The minimum atomic E-state index is -4.02. The molecule has 0 saturated heterocycles. The average Bonchev–Trinajstić information content (AvgIpc) is 2.76. The first-order valence-corrected chi connectivity index (χ1v) is 12.7. The molecule has 0 amide bonds. The number of benzene rings is 3. The summed E-state index contributed by atoms with van der Waals surface area (Å²) in [6.07, 6.45) is 0. The van der Waals surface area contributed by atoms with Crippen molar-refractivity contribution >= 4 is 42.8 Å². The van der Waals surface area contributed by atoms with Gasteiger partial charge in [-0.2, -0.15) is 0 Å². The molecular weight excluding hydrogens is 464 g/mol. The third-order valence-electron chi connectivity index (χ3n) is 4.61. The molecule has 0 aliphatic heterocycles. The molecule has 0 aliphatic rings. The molecule has 8 nitrogen and oxygen atoms in total. The van der Waals surface area contributed by atoms with Crippen LogP contribution >= 0.6 is 0 Å². The van der Waals surface area contributed by atoms with E-state index in [-0.39, 0.29) is 38.1 Å². The third kappa shape index (κ3) is 5.60. The van der Waals surface area contributed by atoms with Crippen molar-refractivity contribution in [3.63, 3.8) is 0 Å². The molecule has 3 N–H and O–H groups in total. The zero-order chi connectivity index (χ0) is 24.2. The summed E-state index contributed by atoms with van der Waals surface area (Å²) in [7, 11) is -7.96. The van der Waals surface area contributed by atoms with Gasteiger partial charge in [0, 0.05) is 11.3 Å². The fourth-order valence-corrected chi connectivity index (χ4v) is 5.33. The Hall–Kier alpha value is -3.63. The molecule has 3 aromatic rings. The van der Waals surface area contributed by atoms with Gasteiger partial charge in [-0.15, -0.1) is 0 Å². The zero-order valence-electron chi connectivity index (χ0n) is 17.8. The van der Waals surface area contributed by atoms with Gasteiger partial charge in [0.05, 0.1) is 21.1 Å². The summed E-state index contributed by atoms with van der Waals surface area (Å²) in [5.41, 5.74) is -0.0478. The SMILES string of the molecule is CC(=O)C(=C(C)O)c1cc(NS(=O)(=O)c2ccccc2)ccc1NS(=O)(=O)c1ccccc1. The number of hydrogen-bond acceptors (Lipinski definition) is 6. The van der Waals surface area contributed by atoms with E-state index in [2.05, 4.69) is 9.44 Å². The number of aliphatic hydroxyl groups excluding tert-OH is 1. The molecule has 0 unspecified atom stereocenters. The number of carbonyl (C=O) groups excluding carboxylic acids is 1. The molecule has 3 aromatic carbocycles. The van der Waals surface area contributed by atoms with Crippen LogP contribution in [-0.4, -0.2) is 27.7 Å². The third-order valence-corrected chi connectivity index (χ3v) is 7.38. The van der Waals surface area contributed by atoms with Crippen molar-refractivity contribution in [1.82, 2.24) is 0 Å². The summed E-state index contributed by atoms with van der Waals surface area (Å²) in [6, 6.07) is 19.3. The van der Waals surface area contributed by atoms with Gasteiger partial charge in [-0.1, -0.05) is 36.4 Å². The van der Waals surface area contributed by atoms with Gasteiger partial charge in [0.25, 0.3) is 20.0 Å². The molecule has 33 heavy (non-hydrogen) atoms. The van der Waals surface area contributed by atoms with Gasteiger partial charge in [0.15, 0.2) is 5.78 Å². The smallest absolute Gasteiger partial charge is 0.261 e. The summed E-state index contributed by atoms with van der Waals surface area (Å²) < 4.78 is 55.9. The summed E-state index contributed by atoms with van der Waals surface area (Å²) >= 11 is 0. The van der Waals surface area contributed by atoms with E-state index in [4.69, 9.17) is 0 Å². The number of carbonyl (C=O) groups is 1. The van der Waals surface area contributed by atoms with Gasteiger partial charge in [-0.3, -0.25) is 14.2 Å². The first-order chi connectivity index (χ1) is 15.5. The van der Waals surface area contributed by atoms with E-state index in [0.717, 1.165) is 0 Å². The fourth-order valence-electron chi connectivity index (χ4n) is 3.16. The summed E-state index contributed by atoms with van der Waals surface area (Å²) in [5, 5.41) is 10.1. The lowest BCUT2D eigenvalue weighted by Crippen LogP contribution is -2.16. The number of nitrogens with one attached hydrogen (secondary N) is 2. The number of sulfonamides is 2. The maximum Gasteiger partial charge on any atom is 0.261 e. The molecule has 0 heterocycles. The quantitative estimate of drug-likeness (QED) is 0.324. The molecule has 0 saturated carbocycles. The van der Waals surface area contributed by atoms with Crippen molar-refractivity contribution in [3.05, 3.63) is 90.2 Å². The lowest BCUT2D eigenvalue weighted by molar-refractivity contribution is -0.111. The highest BCUT2D eigenvalue weighted by Crippen LogP contribution is 2.32. The van der Waals surface area contributed by atoms with Crippen molar-refractivity contribution in [2.24, 2.45) is 0 Å². The minimum absolute atomic E-state index is 0.000104. The normalized spacial score (nSPS) is 12.5. The van der Waals surface area contributed by atoms with E-state index in [1.54, 1.807) is 36.4 Å². The molecule has 0 bridgehead atoms. The molecule has 0 aromatic heterocycles. The monoisotopic (exact) mass is 486 g/mol. The van der Waals surface area contributed by atoms with E-state index in [1.165, 1.54) is 56.3 Å². The molecule has 3 rings (SSSR count). The Morgan fingerprint density at radius 3 is 1.67 bits per heavy atom. The second-order valence-electron chi connectivity index (χ2n) is 7.11. The van der Waals surface area contributed by atoms with Gasteiger partial charge in [0.2, 0.25) is 0 Å². The lowest BCUT2D eigenvalue weighted by atomic mass is 9.99. The molecule has 0 fully saturated rings. The van der Waals surface area contributed by atoms with Crippen LogP contribution in [0.5, 0.6) is 0 Å².